The van der Waals surface area contributed by atoms with E-state index in [2.05, 4.69) is 4.72 Å². The Balaban J connectivity index is 2.37. The van der Waals surface area contributed by atoms with Gasteiger partial charge in [-0.1, -0.05) is 48.0 Å². The number of hydrogen-bond acceptors (Lipinski definition) is 4. The Bertz CT molecular complexity index is 700. The number of sulfonamides is 1. The summed E-state index contributed by atoms with van der Waals surface area (Å²) < 4.78 is 27.3. The molecule has 2 aromatic carbocycles. The van der Waals surface area contributed by atoms with E-state index >= 15 is 0 Å². The van der Waals surface area contributed by atoms with Gasteiger partial charge in [0.15, 0.2) is 0 Å². The van der Waals surface area contributed by atoms with Crippen molar-refractivity contribution in [1.29, 1.82) is 0 Å². The van der Waals surface area contributed by atoms with Gasteiger partial charge in [-0.3, -0.25) is 0 Å². The van der Waals surface area contributed by atoms with Crippen molar-refractivity contribution in [1.82, 2.24) is 4.72 Å². The summed E-state index contributed by atoms with van der Waals surface area (Å²) in [5.74, 6) is 0. The van der Waals surface area contributed by atoms with Crippen molar-refractivity contribution in [3.63, 3.8) is 0 Å². The van der Waals surface area contributed by atoms with E-state index in [0.29, 0.717) is 5.56 Å². The van der Waals surface area contributed by atoms with E-state index in [-0.39, 0.29) is 22.2 Å². The molecule has 112 valence electrons. The summed E-state index contributed by atoms with van der Waals surface area (Å²) >= 11 is 5.93. The molecule has 0 saturated carbocycles. The normalized spacial score (nSPS) is 13.0. The average Bonchev–Trinajstić information content (AvgIpc) is 2.45. The van der Waals surface area contributed by atoms with Gasteiger partial charge >= 0.3 is 0 Å². The lowest BCUT2D eigenvalue weighted by molar-refractivity contribution is 0.259. The molecular weight excluding hydrogens is 312 g/mol. The fourth-order valence-electron chi connectivity index (χ4n) is 1.95. The quantitative estimate of drug-likeness (QED) is 0.732. The third-order valence-electron chi connectivity index (χ3n) is 2.95. The van der Waals surface area contributed by atoms with Gasteiger partial charge < -0.3 is 10.8 Å². The Morgan fingerprint density at radius 2 is 1.81 bits per heavy atom. The van der Waals surface area contributed by atoms with Crippen LogP contribution in [0.15, 0.2) is 53.4 Å². The predicted octanol–water partition coefficient (Wildman–Crippen LogP) is 1.93. The molecule has 21 heavy (non-hydrogen) atoms. The maximum atomic E-state index is 12.4. The van der Waals surface area contributed by atoms with Crippen molar-refractivity contribution >= 4 is 27.3 Å². The molecule has 0 fully saturated rings. The van der Waals surface area contributed by atoms with Crippen LogP contribution in [0.5, 0.6) is 0 Å². The number of nitrogens with one attached hydrogen (secondary N) is 1. The monoisotopic (exact) mass is 326 g/mol. The summed E-state index contributed by atoms with van der Waals surface area (Å²) in [6.45, 7) is -0.381. The van der Waals surface area contributed by atoms with Gasteiger partial charge in [0.25, 0.3) is 0 Å². The first-order valence-corrected chi connectivity index (χ1v) is 8.04. The Morgan fingerprint density at radius 1 is 1.14 bits per heavy atom. The van der Waals surface area contributed by atoms with E-state index in [1.165, 1.54) is 12.1 Å². The first-order chi connectivity index (χ1) is 9.95. The molecule has 0 aliphatic rings. The van der Waals surface area contributed by atoms with E-state index in [0.717, 1.165) is 0 Å². The van der Waals surface area contributed by atoms with Crippen molar-refractivity contribution in [2.75, 3.05) is 12.3 Å². The third-order valence-corrected chi connectivity index (χ3v) is 4.96. The Kier molecular flexibility index (Phi) is 4.84. The summed E-state index contributed by atoms with van der Waals surface area (Å²) in [5.41, 5.74) is 6.40. The smallest absolute Gasteiger partial charge is 0.244 e. The van der Waals surface area contributed by atoms with Gasteiger partial charge in [-0.05, 0) is 17.7 Å². The number of nitrogens with two attached hydrogens (primary N) is 1. The second-order valence-electron chi connectivity index (χ2n) is 4.43. The lowest BCUT2D eigenvalue weighted by Gasteiger charge is -2.18. The molecule has 0 aliphatic carbocycles. The van der Waals surface area contributed by atoms with E-state index in [1.54, 1.807) is 36.4 Å². The number of aliphatic hydroxyl groups excluding tert-OH is 1. The maximum Gasteiger partial charge on any atom is 0.244 e. The van der Waals surface area contributed by atoms with Crippen LogP contribution in [0.2, 0.25) is 5.02 Å². The van der Waals surface area contributed by atoms with E-state index in [1.807, 2.05) is 0 Å². The zero-order chi connectivity index (χ0) is 15.5. The summed E-state index contributed by atoms with van der Waals surface area (Å²) in [5, 5.41) is 9.47. The molecule has 0 aromatic heterocycles. The summed E-state index contributed by atoms with van der Waals surface area (Å²) in [4.78, 5) is -0.180. The first kappa shape index (κ1) is 15.8. The van der Waals surface area contributed by atoms with Crippen LogP contribution >= 0.6 is 11.6 Å². The van der Waals surface area contributed by atoms with Crippen LogP contribution in [0, 0.1) is 0 Å². The molecule has 0 saturated heterocycles. The average molecular weight is 327 g/mol. The standard InChI is InChI=1S/C14H15ClN2O3S/c15-11-7-4-8-12(16)14(11)21(19,20)17-13(9-18)10-5-2-1-3-6-10/h1-8,13,17-18H,9,16H2/t13-/m1/s1. The van der Waals surface area contributed by atoms with E-state index in [4.69, 9.17) is 17.3 Å². The molecule has 0 spiro atoms. The molecule has 2 rings (SSSR count). The highest BCUT2D eigenvalue weighted by molar-refractivity contribution is 7.89. The zero-order valence-corrected chi connectivity index (χ0v) is 12.6. The highest BCUT2D eigenvalue weighted by Gasteiger charge is 2.25. The topological polar surface area (TPSA) is 92.4 Å². The number of rotatable bonds is 5. The second kappa shape index (κ2) is 6.44. The van der Waals surface area contributed by atoms with E-state index < -0.39 is 16.1 Å². The van der Waals surface area contributed by atoms with Crippen molar-refractivity contribution in [2.24, 2.45) is 0 Å². The maximum absolute atomic E-state index is 12.4. The SMILES string of the molecule is Nc1cccc(Cl)c1S(=O)(=O)N[C@H](CO)c1ccccc1. The van der Waals surface area contributed by atoms with Gasteiger partial charge in [0.05, 0.1) is 23.4 Å². The lowest BCUT2D eigenvalue weighted by atomic mass is 10.1. The van der Waals surface area contributed by atoms with Crippen LogP contribution in [0.25, 0.3) is 0 Å². The minimum atomic E-state index is -3.95. The van der Waals surface area contributed by atoms with Gasteiger partial charge in [-0.25, -0.2) is 13.1 Å². The number of hydrogen-bond donors (Lipinski definition) is 3. The number of aliphatic hydroxyl groups is 1. The Morgan fingerprint density at radius 3 is 2.38 bits per heavy atom. The first-order valence-electron chi connectivity index (χ1n) is 6.18. The largest absolute Gasteiger partial charge is 0.398 e. The number of benzene rings is 2. The van der Waals surface area contributed by atoms with Gasteiger partial charge in [-0.15, -0.1) is 0 Å². The molecular formula is C14H15ClN2O3S. The number of halogens is 1. The van der Waals surface area contributed by atoms with Crippen LogP contribution in [0.3, 0.4) is 0 Å². The predicted molar refractivity (Wildman–Crippen MR) is 82.5 cm³/mol. The minimum Gasteiger partial charge on any atom is -0.398 e. The lowest BCUT2D eigenvalue weighted by Crippen LogP contribution is -2.31. The molecule has 0 heterocycles. The Hall–Kier alpha value is -1.60. The molecule has 0 radical (unpaired) electrons. The van der Waals surface area contributed by atoms with Crippen LogP contribution in [-0.2, 0) is 10.0 Å². The molecule has 0 unspecified atom stereocenters. The van der Waals surface area contributed by atoms with E-state index in [9.17, 15) is 13.5 Å². The molecule has 2 aromatic rings. The van der Waals surface area contributed by atoms with Crippen LogP contribution < -0.4 is 10.5 Å². The fraction of sp³-hybridized carbons (Fsp3) is 0.143. The molecule has 0 amide bonds. The van der Waals surface area contributed by atoms with Crippen LogP contribution in [-0.4, -0.2) is 20.1 Å². The van der Waals surface area contributed by atoms with Gasteiger partial charge in [0.2, 0.25) is 10.0 Å². The molecule has 1 atom stereocenters. The molecule has 0 bridgehead atoms. The van der Waals surface area contributed by atoms with Crippen molar-refractivity contribution < 1.29 is 13.5 Å². The van der Waals surface area contributed by atoms with Gasteiger partial charge in [0, 0.05) is 0 Å². The summed E-state index contributed by atoms with van der Waals surface area (Å²) in [7, 11) is -3.95. The van der Waals surface area contributed by atoms with Crippen molar-refractivity contribution in [3.05, 3.63) is 59.1 Å². The summed E-state index contributed by atoms with van der Waals surface area (Å²) in [6, 6.07) is 12.5. The fourth-order valence-corrected chi connectivity index (χ4v) is 3.84. The summed E-state index contributed by atoms with van der Waals surface area (Å²) in [6.07, 6.45) is 0. The third kappa shape index (κ3) is 3.54. The number of nitrogen functional groups attached to an aromatic ring is 1. The van der Waals surface area contributed by atoms with Crippen LogP contribution in [0.1, 0.15) is 11.6 Å². The molecule has 4 N–H and O–H groups in total. The molecule has 0 aliphatic heterocycles. The highest BCUT2D eigenvalue weighted by Crippen LogP contribution is 2.28. The second-order valence-corrected chi connectivity index (χ2v) is 6.48. The van der Waals surface area contributed by atoms with Crippen molar-refractivity contribution in [3.8, 4) is 0 Å². The zero-order valence-electron chi connectivity index (χ0n) is 11.0. The van der Waals surface area contributed by atoms with Crippen LogP contribution in [0.4, 0.5) is 5.69 Å². The molecule has 7 heteroatoms. The molecule has 5 nitrogen and oxygen atoms in total. The Labute approximate surface area is 128 Å². The van der Waals surface area contributed by atoms with Crippen molar-refractivity contribution in [2.45, 2.75) is 10.9 Å². The van der Waals surface area contributed by atoms with Gasteiger partial charge in [-0.2, -0.15) is 0 Å². The minimum absolute atomic E-state index is 0.0345. The van der Waals surface area contributed by atoms with Gasteiger partial charge in [0.1, 0.15) is 4.90 Å². The number of anilines is 1. The highest BCUT2D eigenvalue weighted by atomic mass is 35.5.